The highest BCUT2D eigenvalue weighted by Crippen LogP contribution is 2.26. The Morgan fingerprint density at radius 3 is 2.65 bits per heavy atom. The number of phenolic OH excluding ortho intramolecular Hbond substituents is 1. The SMILES string of the molecule is O=C(CCc1cccc(O)c1)OCC(Cl)(Cl)Cl. The summed E-state index contributed by atoms with van der Waals surface area (Å²) >= 11 is 16.3. The van der Waals surface area contributed by atoms with Crippen LogP contribution in [-0.2, 0) is 16.0 Å². The summed E-state index contributed by atoms with van der Waals surface area (Å²) in [5.74, 6) is -0.281. The average molecular weight is 298 g/mol. The molecule has 0 aliphatic rings. The third-order valence-corrected chi connectivity index (χ3v) is 2.25. The monoisotopic (exact) mass is 296 g/mol. The Morgan fingerprint density at radius 1 is 1.35 bits per heavy atom. The second kappa shape index (κ2) is 6.34. The predicted octanol–water partition coefficient (Wildman–Crippen LogP) is 3.24. The van der Waals surface area contributed by atoms with Crippen molar-refractivity contribution < 1.29 is 14.6 Å². The number of alkyl halides is 3. The molecule has 1 aromatic carbocycles. The molecule has 0 spiro atoms. The summed E-state index contributed by atoms with van der Waals surface area (Å²) in [6.45, 7) is -0.267. The minimum absolute atomic E-state index is 0.164. The number of carbonyl (C=O) groups excluding carboxylic acids is 1. The molecular weight excluding hydrogens is 286 g/mol. The molecule has 0 fully saturated rings. The van der Waals surface area contributed by atoms with Gasteiger partial charge in [-0.2, -0.15) is 0 Å². The van der Waals surface area contributed by atoms with Crippen LogP contribution in [-0.4, -0.2) is 21.5 Å². The van der Waals surface area contributed by atoms with Crippen molar-refractivity contribution >= 4 is 40.8 Å². The number of phenols is 1. The van der Waals surface area contributed by atoms with Crippen LogP contribution in [0.4, 0.5) is 0 Å². The van der Waals surface area contributed by atoms with Crippen LogP contribution in [0.25, 0.3) is 0 Å². The molecule has 0 saturated heterocycles. The zero-order chi connectivity index (χ0) is 12.9. The predicted molar refractivity (Wildman–Crippen MR) is 67.7 cm³/mol. The first kappa shape index (κ1) is 14.4. The second-order valence-electron chi connectivity index (χ2n) is 3.45. The highest BCUT2D eigenvalue weighted by Gasteiger charge is 2.21. The van der Waals surface area contributed by atoms with Crippen LogP contribution in [0.1, 0.15) is 12.0 Å². The lowest BCUT2D eigenvalue weighted by atomic mass is 10.1. The summed E-state index contributed by atoms with van der Waals surface area (Å²) < 4.78 is 3.18. The summed E-state index contributed by atoms with van der Waals surface area (Å²) in [5.41, 5.74) is 0.843. The van der Waals surface area contributed by atoms with E-state index in [1.165, 1.54) is 0 Å². The minimum atomic E-state index is -1.58. The van der Waals surface area contributed by atoms with Gasteiger partial charge in [-0.05, 0) is 24.1 Å². The molecule has 1 N–H and O–H groups in total. The van der Waals surface area contributed by atoms with Gasteiger partial charge < -0.3 is 9.84 Å². The standard InChI is InChI=1S/C11H11Cl3O3/c12-11(13,14)7-17-10(16)5-4-8-2-1-3-9(15)6-8/h1-3,6,15H,4-5,7H2. The van der Waals surface area contributed by atoms with Crippen LogP contribution in [0.2, 0.25) is 0 Å². The van der Waals surface area contributed by atoms with E-state index in [4.69, 9.17) is 39.5 Å². The van der Waals surface area contributed by atoms with E-state index in [-0.39, 0.29) is 18.8 Å². The summed E-state index contributed by atoms with van der Waals surface area (Å²) in [6.07, 6.45) is 0.636. The fourth-order valence-electron chi connectivity index (χ4n) is 1.19. The lowest BCUT2D eigenvalue weighted by Gasteiger charge is -2.11. The summed E-state index contributed by atoms with van der Waals surface area (Å²) in [5, 5.41) is 9.22. The van der Waals surface area contributed by atoms with Crippen molar-refractivity contribution in [3.63, 3.8) is 0 Å². The first-order valence-electron chi connectivity index (χ1n) is 4.87. The number of aryl methyl sites for hydroxylation is 1. The molecule has 0 heterocycles. The van der Waals surface area contributed by atoms with Crippen LogP contribution < -0.4 is 0 Å². The van der Waals surface area contributed by atoms with E-state index in [0.29, 0.717) is 6.42 Å². The Labute approximate surface area is 114 Å². The highest BCUT2D eigenvalue weighted by molar-refractivity contribution is 6.67. The Kier molecular flexibility index (Phi) is 5.37. The van der Waals surface area contributed by atoms with Gasteiger partial charge in [0.05, 0.1) is 0 Å². The maximum absolute atomic E-state index is 11.3. The lowest BCUT2D eigenvalue weighted by molar-refractivity contribution is -0.143. The molecule has 1 aromatic rings. The molecule has 0 aliphatic heterocycles. The van der Waals surface area contributed by atoms with Crippen molar-refractivity contribution in [1.29, 1.82) is 0 Å². The molecule has 17 heavy (non-hydrogen) atoms. The Bertz CT molecular complexity index is 388. The number of hydrogen-bond acceptors (Lipinski definition) is 3. The van der Waals surface area contributed by atoms with Gasteiger partial charge in [0.2, 0.25) is 3.79 Å². The van der Waals surface area contributed by atoms with Crippen molar-refractivity contribution in [3.8, 4) is 5.75 Å². The van der Waals surface area contributed by atoms with Crippen molar-refractivity contribution in [3.05, 3.63) is 29.8 Å². The van der Waals surface area contributed by atoms with E-state index < -0.39 is 9.76 Å². The van der Waals surface area contributed by atoms with Crippen LogP contribution in [0, 0.1) is 0 Å². The molecule has 0 atom stereocenters. The first-order chi connectivity index (χ1) is 7.87. The topological polar surface area (TPSA) is 46.5 Å². The lowest BCUT2D eigenvalue weighted by Crippen LogP contribution is -2.17. The molecule has 0 aromatic heterocycles. The fourth-order valence-corrected chi connectivity index (χ4v) is 1.36. The van der Waals surface area contributed by atoms with E-state index >= 15 is 0 Å². The van der Waals surface area contributed by atoms with Gasteiger partial charge in [-0.3, -0.25) is 4.79 Å². The molecule has 1 rings (SSSR count). The van der Waals surface area contributed by atoms with Gasteiger partial charge in [0.1, 0.15) is 12.4 Å². The number of esters is 1. The van der Waals surface area contributed by atoms with Crippen molar-refractivity contribution in [2.45, 2.75) is 16.6 Å². The summed E-state index contributed by atoms with van der Waals surface area (Å²) in [4.78, 5) is 11.3. The molecule has 6 heteroatoms. The highest BCUT2D eigenvalue weighted by atomic mass is 35.6. The number of aromatic hydroxyl groups is 1. The number of halogens is 3. The molecule has 0 amide bonds. The van der Waals surface area contributed by atoms with Gasteiger partial charge in [0, 0.05) is 6.42 Å². The average Bonchev–Trinajstić information content (AvgIpc) is 2.23. The Hall–Kier alpha value is -0.640. The van der Waals surface area contributed by atoms with E-state index in [9.17, 15) is 9.90 Å². The van der Waals surface area contributed by atoms with E-state index in [1.807, 2.05) is 6.07 Å². The molecule has 0 unspecified atom stereocenters. The molecular formula is C11H11Cl3O3. The summed E-state index contributed by atoms with van der Waals surface area (Å²) in [6, 6.07) is 6.66. The largest absolute Gasteiger partial charge is 0.508 e. The zero-order valence-electron chi connectivity index (χ0n) is 8.83. The Morgan fingerprint density at radius 2 is 2.06 bits per heavy atom. The second-order valence-corrected chi connectivity index (χ2v) is 5.96. The minimum Gasteiger partial charge on any atom is -0.508 e. The van der Waals surface area contributed by atoms with Gasteiger partial charge in [0.15, 0.2) is 0 Å². The number of ether oxygens (including phenoxy) is 1. The van der Waals surface area contributed by atoms with Gasteiger partial charge >= 0.3 is 5.97 Å². The number of hydrogen-bond donors (Lipinski definition) is 1. The van der Waals surface area contributed by atoms with Crippen molar-refractivity contribution in [1.82, 2.24) is 0 Å². The maximum Gasteiger partial charge on any atom is 0.306 e. The molecule has 0 saturated carbocycles. The van der Waals surface area contributed by atoms with E-state index in [2.05, 4.69) is 0 Å². The Balaban J connectivity index is 2.33. The maximum atomic E-state index is 11.3. The van der Waals surface area contributed by atoms with Gasteiger partial charge in [-0.1, -0.05) is 46.9 Å². The third-order valence-electron chi connectivity index (χ3n) is 1.93. The van der Waals surface area contributed by atoms with Crippen molar-refractivity contribution in [2.24, 2.45) is 0 Å². The van der Waals surface area contributed by atoms with Gasteiger partial charge in [-0.15, -0.1) is 0 Å². The molecule has 3 nitrogen and oxygen atoms in total. The van der Waals surface area contributed by atoms with Crippen LogP contribution in [0.15, 0.2) is 24.3 Å². The van der Waals surface area contributed by atoms with Gasteiger partial charge in [0.25, 0.3) is 0 Å². The number of rotatable bonds is 4. The van der Waals surface area contributed by atoms with Crippen LogP contribution >= 0.6 is 34.8 Å². The van der Waals surface area contributed by atoms with Crippen molar-refractivity contribution in [2.75, 3.05) is 6.61 Å². The number of carbonyl (C=O) groups is 1. The quantitative estimate of drug-likeness (QED) is 0.685. The zero-order valence-corrected chi connectivity index (χ0v) is 11.1. The smallest absolute Gasteiger partial charge is 0.306 e. The van der Waals surface area contributed by atoms with Gasteiger partial charge in [-0.25, -0.2) is 0 Å². The van der Waals surface area contributed by atoms with Crippen LogP contribution in [0.5, 0.6) is 5.75 Å². The molecule has 0 aliphatic carbocycles. The molecule has 0 bridgehead atoms. The summed E-state index contributed by atoms with van der Waals surface area (Å²) in [7, 11) is 0. The molecule has 0 radical (unpaired) electrons. The van der Waals surface area contributed by atoms with E-state index in [0.717, 1.165) is 5.56 Å². The molecule has 94 valence electrons. The van der Waals surface area contributed by atoms with Crippen LogP contribution in [0.3, 0.4) is 0 Å². The normalized spacial score (nSPS) is 11.2. The number of benzene rings is 1. The first-order valence-corrected chi connectivity index (χ1v) is 6.00. The fraction of sp³-hybridized carbons (Fsp3) is 0.364. The third kappa shape index (κ3) is 6.61. The van der Waals surface area contributed by atoms with E-state index in [1.54, 1.807) is 18.2 Å².